The van der Waals surface area contributed by atoms with Crippen molar-refractivity contribution in [2.24, 2.45) is 0 Å². The molecule has 3 aromatic rings. The van der Waals surface area contributed by atoms with Crippen molar-refractivity contribution < 1.29 is 4.39 Å². The molecule has 0 fully saturated rings. The Hall–Kier alpha value is -3.02. The van der Waals surface area contributed by atoms with Crippen LogP contribution in [0.5, 0.6) is 0 Å². The molecule has 0 amide bonds. The Kier molecular flexibility index (Phi) is 4.42. The van der Waals surface area contributed by atoms with Crippen molar-refractivity contribution in [3.8, 4) is 0 Å². The summed E-state index contributed by atoms with van der Waals surface area (Å²) in [5, 5.41) is 14.1. The van der Waals surface area contributed by atoms with Gasteiger partial charge in [-0.2, -0.15) is 10.1 Å². The fourth-order valence-corrected chi connectivity index (χ4v) is 2.20. The summed E-state index contributed by atoms with van der Waals surface area (Å²) in [4.78, 5) is 4.35. The van der Waals surface area contributed by atoms with Crippen LogP contribution in [0, 0.1) is 5.82 Å². The van der Waals surface area contributed by atoms with Gasteiger partial charge in [-0.05, 0) is 36.2 Å². The molecule has 0 saturated heterocycles. The Labute approximate surface area is 133 Å². The third-order valence-electron chi connectivity index (χ3n) is 3.30. The number of aromatic nitrogens is 3. The van der Waals surface area contributed by atoms with E-state index in [1.165, 1.54) is 23.9 Å². The highest BCUT2D eigenvalue weighted by Gasteiger charge is 2.05. The van der Waals surface area contributed by atoms with Gasteiger partial charge in [0.05, 0.1) is 6.20 Å². The van der Waals surface area contributed by atoms with Crippen LogP contribution in [0.25, 0.3) is 0 Å². The Morgan fingerprint density at radius 2 is 1.91 bits per heavy atom. The van der Waals surface area contributed by atoms with Crippen LogP contribution in [0.3, 0.4) is 0 Å². The first-order chi connectivity index (χ1) is 11.2. The minimum atomic E-state index is -0.313. The van der Waals surface area contributed by atoms with Gasteiger partial charge in [0.15, 0.2) is 5.82 Å². The van der Waals surface area contributed by atoms with Gasteiger partial charge in [-0.25, -0.2) is 4.39 Å². The largest absolute Gasteiger partial charge is 0.339 e. The lowest BCUT2D eigenvalue weighted by molar-refractivity contribution is 0.628. The van der Waals surface area contributed by atoms with E-state index in [1.807, 2.05) is 24.3 Å². The average Bonchev–Trinajstić information content (AvgIpc) is 2.56. The van der Waals surface area contributed by atoms with E-state index in [0.717, 1.165) is 12.1 Å². The first-order valence-corrected chi connectivity index (χ1v) is 7.32. The van der Waals surface area contributed by atoms with Crippen molar-refractivity contribution in [3.63, 3.8) is 0 Å². The van der Waals surface area contributed by atoms with E-state index in [4.69, 9.17) is 0 Å². The molecule has 1 aromatic heterocycles. The van der Waals surface area contributed by atoms with E-state index >= 15 is 0 Å². The van der Waals surface area contributed by atoms with Crippen LogP contribution in [-0.4, -0.2) is 15.2 Å². The van der Waals surface area contributed by atoms with Gasteiger partial charge in [-0.1, -0.05) is 31.2 Å². The van der Waals surface area contributed by atoms with E-state index in [2.05, 4.69) is 32.7 Å². The Morgan fingerprint density at radius 3 is 2.74 bits per heavy atom. The highest BCUT2D eigenvalue weighted by Crippen LogP contribution is 2.20. The monoisotopic (exact) mass is 309 g/mol. The molecule has 1 heterocycles. The van der Waals surface area contributed by atoms with Crippen molar-refractivity contribution in [1.29, 1.82) is 0 Å². The smallest absolute Gasteiger partial charge is 0.249 e. The molecular formula is C17H16FN5. The number of nitrogens with one attached hydrogen (secondary N) is 2. The van der Waals surface area contributed by atoms with Crippen LogP contribution >= 0.6 is 0 Å². The standard InChI is InChI=1S/C17H16FN5/c1-2-12-6-3-4-9-15(12)21-17-22-16(11-19-23-17)20-14-8-5-7-13(18)10-14/h3-11H,2H2,1H3,(H2,20,21,22,23). The second-order valence-corrected chi connectivity index (χ2v) is 4.94. The van der Waals surface area contributed by atoms with E-state index in [9.17, 15) is 4.39 Å². The molecule has 0 unspecified atom stereocenters. The topological polar surface area (TPSA) is 62.7 Å². The summed E-state index contributed by atoms with van der Waals surface area (Å²) in [6, 6.07) is 14.1. The maximum absolute atomic E-state index is 13.2. The van der Waals surface area contributed by atoms with E-state index in [1.54, 1.807) is 12.1 Å². The predicted molar refractivity (Wildman–Crippen MR) is 88.6 cm³/mol. The normalized spacial score (nSPS) is 10.3. The van der Waals surface area contributed by atoms with Gasteiger partial charge in [-0.3, -0.25) is 0 Å². The quantitative estimate of drug-likeness (QED) is 0.744. The second kappa shape index (κ2) is 6.83. The molecule has 0 aliphatic carbocycles. The molecule has 0 atom stereocenters. The zero-order chi connectivity index (χ0) is 16.1. The number of para-hydroxylation sites is 1. The number of aryl methyl sites for hydroxylation is 1. The number of hydrogen-bond acceptors (Lipinski definition) is 5. The summed E-state index contributed by atoms with van der Waals surface area (Å²) < 4.78 is 13.2. The molecule has 0 radical (unpaired) electrons. The number of halogens is 1. The maximum Gasteiger partial charge on any atom is 0.249 e. The molecule has 0 aliphatic heterocycles. The first-order valence-electron chi connectivity index (χ1n) is 7.32. The van der Waals surface area contributed by atoms with Crippen LogP contribution in [0.4, 0.5) is 27.5 Å². The summed E-state index contributed by atoms with van der Waals surface area (Å²) in [6.45, 7) is 2.08. The van der Waals surface area contributed by atoms with Gasteiger partial charge >= 0.3 is 0 Å². The lowest BCUT2D eigenvalue weighted by Crippen LogP contribution is -2.03. The summed E-state index contributed by atoms with van der Waals surface area (Å²) in [6.07, 6.45) is 2.39. The molecular weight excluding hydrogens is 293 g/mol. The number of anilines is 4. The third kappa shape index (κ3) is 3.79. The molecule has 5 nitrogen and oxygen atoms in total. The van der Waals surface area contributed by atoms with Gasteiger partial charge in [-0.15, -0.1) is 5.10 Å². The molecule has 0 bridgehead atoms. The fourth-order valence-electron chi connectivity index (χ4n) is 2.20. The van der Waals surface area contributed by atoms with Crippen LogP contribution in [-0.2, 0) is 6.42 Å². The fraction of sp³-hybridized carbons (Fsp3) is 0.118. The summed E-state index contributed by atoms with van der Waals surface area (Å²) in [7, 11) is 0. The third-order valence-corrected chi connectivity index (χ3v) is 3.30. The van der Waals surface area contributed by atoms with E-state index in [0.29, 0.717) is 17.5 Å². The van der Waals surface area contributed by atoms with Crippen molar-refractivity contribution in [2.45, 2.75) is 13.3 Å². The molecule has 116 valence electrons. The van der Waals surface area contributed by atoms with Gasteiger partial charge < -0.3 is 10.6 Å². The Morgan fingerprint density at radius 1 is 1.04 bits per heavy atom. The minimum absolute atomic E-state index is 0.313. The van der Waals surface area contributed by atoms with Crippen LogP contribution in [0.2, 0.25) is 0 Å². The van der Waals surface area contributed by atoms with Crippen LogP contribution < -0.4 is 10.6 Å². The maximum atomic E-state index is 13.2. The minimum Gasteiger partial charge on any atom is -0.339 e. The molecule has 0 aliphatic rings. The predicted octanol–water partition coefficient (Wildman–Crippen LogP) is 4.06. The summed E-state index contributed by atoms with van der Waals surface area (Å²) in [5.74, 6) is 0.557. The Balaban J connectivity index is 1.80. The van der Waals surface area contributed by atoms with Crippen molar-refractivity contribution >= 4 is 23.1 Å². The van der Waals surface area contributed by atoms with Crippen molar-refractivity contribution in [3.05, 3.63) is 66.1 Å². The molecule has 0 saturated carbocycles. The highest BCUT2D eigenvalue weighted by atomic mass is 19.1. The lowest BCUT2D eigenvalue weighted by Gasteiger charge is -2.10. The average molecular weight is 309 g/mol. The van der Waals surface area contributed by atoms with Gasteiger partial charge in [0.1, 0.15) is 5.82 Å². The zero-order valence-electron chi connectivity index (χ0n) is 12.6. The molecule has 23 heavy (non-hydrogen) atoms. The second-order valence-electron chi connectivity index (χ2n) is 4.94. The van der Waals surface area contributed by atoms with Gasteiger partial charge in [0, 0.05) is 11.4 Å². The molecule has 6 heteroatoms. The van der Waals surface area contributed by atoms with Crippen molar-refractivity contribution in [1.82, 2.24) is 15.2 Å². The molecule has 2 N–H and O–H groups in total. The number of nitrogens with zero attached hydrogens (tertiary/aromatic N) is 3. The van der Waals surface area contributed by atoms with Crippen LogP contribution in [0.1, 0.15) is 12.5 Å². The number of rotatable bonds is 5. The van der Waals surface area contributed by atoms with E-state index < -0.39 is 0 Å². The summed E-state index contributed by atoms with van der Waals surface area (Å²) in [5.41, 5.74) is 2.71. The van der Waals surface area contributed by atoms with E-state index in [-0.39, 0.29) is 5.82 Å². The molecule has 3 rings (SSSR count). The van der Waals surface area contributed by atoms with Crippen molar-refractivity contribution in [2.75, 3.05) is 10.6 Å². The molecule has 2 aromatic carbocycles. The Bertz CT molecular complexity index is 806. The first kappa shape index (κ1) is 14.9. The number of benzene rings is 2. The molecule has 0 spiro atoms. The van der Waals surface area contributed by atoms with Gasteiger partial charge in [0.25, 0.3) is 0 Å². The summed E-state index contributed by atoms with van der Waals surface area (Å²) >= 11 is 0. The highest BCUT2D eigenvalue weighted by molar-refractivity contribution is 5.60. The number of hydrogen-bond donors (Lipinski definition) is 2. The van der Waals surface area contributed by atoms with Gasteiger partial charge in [0.2, 0.25) is 5.95 Å². The SMILES string of the molecule is CCc1ccccc1Nc1nncc(Nc2cccc(F)c2)n1. The zero-order valence-corrected chi connectivity index (χ0v) is 12.6. The lowest BCUT2D eigenvalue weighted by atomic mass is 10.1. The van der Waals surface area contributed by atoms with Crippen LogP contribution in [0.15, 0.2) is 54.7 Å².